The van der Waals surface area contributed by atoms with E-state index in [-0.39, 0.29) is 47.0 Å². The van der Waals surface area contributed by atoms with Crippen LogP contribution in [0.4, 0.5) is 11.6 Å². The standard InChI is InChI=1S/C19H24ClN5O.C10H12NO.C9H13ClN4.Na.H2O/c1-13(2)16-5-4-15(11-21-16)10-19(26)24-8-9-25(14(3)12-24)18-7-6-17(20)22-23-18;1-8(2)10-4-3-9(5-6-12)7-11-10;1-7-6-11-4-5-14(7)9-3-2-8(10)12-13-9;;/h4-7,11,13-14H,8-10,12H2,1-3H3;3-4,7-8H,5H2,1-2H3;2-3,7,11H,4-6H2,1H3;;1H2/q;-1;;+1;/p-1/t14-;;7-;;/m0.0../s1. The quantitative estimate of drug-likeness (QED) is 0.206. The fourth-order valence-corrected chi connectivity index (χ4v) is 5.97. The summed E-state index contributed by atoms with van der Waals surface area (Å²) < 4.78 is 0. The van der Waals surface area contributed by atoms with Crippen LogP contribution in [0.25, 0.3) is 0 Å². The first kappa shape index (κ1) is 46.9. The summed E-state index contributed by atoms with van der Waals surface area (Å²) in [5.74, 6) is 2.67. The molecule has 2 saturated heterocycles. The number of nitrogens with one attached hydrogen (secondary N) is 1. The number of halogens is 2. The van der Waals surface area contributed by atoms with E-state index in [1.54, 1.807) is 18.3 Å². The first-order chi connectivity index (χ1) is 24.9. The Hall–Kier alpha value is -3.30. The summed E-state index contributed by atoms with van der Waals surface area (Å²) >= 11 is 11.5. The minimum atomic E-state index is 0. The number of anilines is 2. The number of hydrogen-bond donors (Lipinski definition) is 1. The number of piperazine rings is 2. The Balaban J connectivity index is 0.000000304. The van der Waals surface area contributed by atoms with Crippen LogP contribution in [0.3, 0.4) is 0 Å². The molecule has 2 fully saturated rings. The van der Waals surface area contributed by atoms with E-state index in [0.717, 1.165) is 60.3 Å². The molecule has 0 spiro atoms. The molecule has 6 heterocycles. The predicted molar refractivity (Wildman–Crippen MR) is 209 cm³/mol. The van der Waals surface area contributed by atoms with Crippen molar-refractivity contribution in [2.24, 2.45) is 0 Å². The van der Waals surface area contributed by atoms with Crippen LogP contribution in [0.15, 0.2) is 60.9 Å². The largest absolute Gasteiger partial charge is 1.00 e. The fraction of sp³-hybridized carbons (Fsp3) is 0.474. The van der Waals surface area contributed by atoms with Crippen LogP contribution in [-0.4, -0.2) is 104 Å². The van der Waals surface area contributed by atoms with Gasteiger partial charge in [0.15, 0.2) is 21.9 Å². The second-order valence-corrected chi connectivity index (χ2v) is 14.3. The van der Waals surface area contributed by atoms with E-state index < -0.39 is 0 Å². The van der Waals surface area contributed by atoms with Crippen LogP contribution >= 0.6 is 23.2 Å². The average Bonchev–Trinajstić information content (AvgIpc) is 3.14. The smallest absolute Gasteiger partial charge is 0.870 e. The third-order valence-corrected chi connectivity index (χ3v) is 9.22. The van der Waals surface area contributed by atoms with Gasteiger partial charge < -0.3 is 30.3 Å². The molecule has 1 amide bonds. The molecule has 0 unspecified atom stereocenters. The maximum absolute atomic E-state index is 12.7. The Kier molecular flexibility index (Phi) is 20.5. The molecular weight excluding hydrogens is 738 g/mol. The van der Waals surface area contributed by atoms with E-state index in [9.17, 15) is 9.59 Å². The van der Waals surface area contributed by atoms with Crippen LogP contribution in [-0.2, 0) is 22.4 Å². The van der Waals surface area contributed by atoms with E-state index >= 15 is 0 Å². The van der Waals surface area contributed by atoms with Crippen molar-refractivity contribution >= 4 is 47.0 Å². The zero-order chi connectivity index (χ0) is 37.6. The molecule has 4 aromatic heterocycles. The molecule has 286 valence electrons. The molecule has 2 N–H and O–H groups in total. The van der Waals surface area contributed by atoms with Crippen molar-refractivity contribution in [3.63, 3.8) is 0 Å². The van der Waals surface area contributed by atoms with Crippen LogP contribution in [0, 0.1) is 0 Å². The van der Waals surface area contributed by atoms with Crippen LogP contribution in [0.2, 0.25) is 10.3 Å². The van der Waals surface area contributed by atoms with E-state index in [0.29, 0.717) is 54.1 Å². The second-order valence-electron chi connectivity index (χ2n) is 13.5. The Morgan fingerprint density at radius 2 is 1.31 bits per heavy atom. The van der Waals surface area contributed by atoms with Gasteiger partial charge in [-0.3, -0.25) is 21.0 Å². The summed E-state index contributed by atoms with van der Waals surface area (Å²) in [4.78, 5) is 37.7. The van der Waals surface area contributed by atoms with Crippen molar-refractivity contribution in [3.8, 4) is 0 Å². The first-order valence-electron chi connectivity index (χ1n) is 17.7. The molecule has 4 aromatic rings. The van der Waals surface area contributed by atoms with Crippen molar-refractivity contribution in [3.05, 3.63) is 93.7 Å². The molecule has 0 radical (unpaired) electrons. The minimum Gasteiger partial charge on any atom is -0.870 e. The van der Waals surface area contributed by atoms with Gasteiger partial charge in [-0.05, 0) is 67.6 Å². The molecule has 6 rings (SSSR count). The Bertz CT molecular complexity index is 1690. The van der Waals surface area contributed by atoms with Crippen molar-refractivity contribution in [1.82, 2.24) is 40.6 Å². The van der Waals surface area contributed by atoms with Crippen molar-refractivity contribution in [2.75, 3.05) is 49.1 Å². The normalized spacial score (nSPS) is 16.6. The zero-order valence-electron chi connectivity index (χ0n) is 32.3. The third-order valence-electron chi connectivity index (χ3n) is 8.82. The van der Waals surface area contributed by atoms with Crippen molar-refractivity contribution in [2.45, 2.75) is 78.3 Å². The molecule has 16 heteroatoms. The maximum atomic E-state index is 12.7. The van der Waals surface area contributed by atoms with Gasteiger partial charge in [-0.2, -0.15) is 0 Å². The number of aromatic nitrogens is 6. The molecular formula is C38H50Cl2N10NaO3-. The summed E-state index contributed by atoms with van der Waals surface area (Å²) in [5, 5.41) is 20.1. The van der Waals surface area contributed by atoms with Gasteiger partial charge in [0.05, 0.1) is 6.42 Å². The number of carbonyl (C=O) groups is 1. The summed E-state index contributed by atoms with van der Waals surface area (Å²) in [6, 6.07) is 15.8. The number of carbonyl (C=O) groups excluding carboxylic acids is 2. The summed E-state index contributed by atoms with van der Waals surface area (Å²) in [6.07, 6.45) is 6.12. The predicted octanol–water partition coefficient (Wildman–Crippen LogP) is 2.54. The minimum absolute atomic E-state index is 0. The van der Waals surface area contributed by atoms with E-state index in [1.807, 2.05) is 53.8 Å². The second kappa shape index (κ2) is 23.6. The average molecular weight is 789 g/mol. The molecule has 54 heavy (non-hydrogen) atoms. The summed E-state index contributed by atoms with van der Waals surface area (Å²) in [6.45, 7) is 17.7. The number of pyridine rings is 2. The summed E-state index contributed by atoms with van der Waals surface area (Å²) in [5.41, 5.74) is 3.99. The Morgan fingerprint density at radius 3 is 1.74 bits per heavy atom. The molecule has 13 nitrogen and oxygen atoms in total. The molecule has 0 saturated carbocycles. The SMILES string of the molecule is CC(C)c1ccc(CC(=O)N2CCN(c3ccc(Cl)nn3)[C@@H](C)C2)cn1.CC(C)c1ccc(C[C-]=O)cn1.C[C@H]1CNCCN1c1ccc(Cl)nn1.[Na+].[OH-]. The van der Waals surface area contributed by atoms with Crippen molar-refractivity contribution in [1.29, 1.82) is 0 Å². The summed E-state index contributed by atoms with van der Waals surface area (Å²) in [7, 11) is 0. The molecule has 0 aliphatic carbocycles. The van der Waals surface area contributed by atoms with Gasteiger partial charge in [0.25, 0.3) is 0 Å². The van der Waals surface area contributed by atoms with E-state index in [2.05, 4.69) is 87.0 Å². The number of amides is 1. The first-order valence-corrected chi connectivity index (χ1v) is 18.5. The van der Waals surface area contributed by atoms with E-state index in [1.165, 1.54) is 0 Å². The maximum Gasteiger partial charge on any atom is 1.00 e. The fourth-order valence-electron chi connectivity index (χ4n) is 5.76. The van der Waals surface area contributed by atoms with Crippen LogP contribution in [0.1, 0.15) is 75.9 Å². The topological polar surface area (TPSA) is 163 Å². The van der Waals surface area contributed by atoms with Gasteiger partial charge in [0, 0.05) is 75.1 Å². The number of rotatable bonds is 8. The molecule has 0 aromatic carbocycles. The van der Waals surface area contributed by atoms with Gasteiger partial charge in [-0.15, -0.1) is 26.8 Å². The Labute approximate surface area is 351 Å². The van der Waals surface area contributed by atoms with E-state index in [4.69, 9.17) is 23.2 Å². The molecule has 2 aliphatic heterocycles. The molecule has 0 bridgehead atoms. The van der Waals surface area contributed by atoms with Gasteiger partial charge in [-0.25, -0.2) is 0 Å². The van der Waals surface area contributed by atoms with Gasteiger partial charge >= 0.3 is 29.6 Å². The Morgan fingerprint density at radius 1 is 0.778 bits per heavy atom. The van der Waals surface area contributed by atoms with Gasteiger partial charge in [0.1, 0.15) is 0 Å². The number of nitrogens with zero attached hydrogens (tertiary/aromatic N) is 9. The zero-order valence-corrected chi connectivity index (χ0v) is 35.8. The number of hydrogen-bond acceptors (Lipinski definition) is 12. The van der Waals surface area contributed by atoms with Crippen LogP contribution < -0.4 is 44.7 Å². The van der Waals surface area contributed by atoms with Gasteiger partial charge in [0.2, 0.25) is 5.91 Å². The monoisotopic (exact) mass is 787 g/mol. The molecule has 2 aliphatic rings. The van der Waals surface area contributed by atoms with Crippen LogP contribution in [0.5, 0.6) is 0 Å². The van der Waals surface area contributed by atoms with Crippen molar-refractivity contribution < 1.29 is 44.6 Å². The third kappa shape index (κ3) is 14.4. The van der Waals surface area contributed by atoms with Gasteiger partial charge in [-0.1, -0.05) is 68.6 Å². The molecule has 2 atom stereocenters.